The van der Waals surface area contributed by atoms with Crippen LogP contribution in [0.15, 0.2) is 29.2 Å². The minimum atomic E-state index is -3.43. The van der Waals surface area contributed by atoms with Crippen LogP contribution in [0.2, 0.25) is 0 Å². The average molecular weight is 228 g/mol. The molecule has 0 aliphatic carbocycles. The van der Waals surface area contributed by atoms with E-state index >= 15 is 0 Å². The summed E-state index contributed by atoms with van der Waals surface area (Å²) in [5.41, 5.74) is 6.10. The smallest absolute Gasteiger partial charge is 0.241 e. The molecule has 1 atom stereocenters. The van der Waals surface area contributed by atoms with Crippen molar-refractivity contribution >= 4 is 10.0 Å². The van der Waals surface area contributed by atoms with E-state index in [0.29, 0.717) is 4.90 Å². The number of aryl methyl sites for hydroxylation is 1. The second-order valence-corrected chi connectivity index (χ2v) is 5.21. The van der Waals surface area contributed by atoms with Crippen LogP contribution in [-0.2, 0) is 10.0 Å². The fraction of sp³-hybridized carbons (Fsp3) is 0.400. The van der Waals surface area contributed by atoms with Gasteiger partial charge in [-0.25, -0.2) is 13.1 Å². The van der Waals surface area contributed by atoms with Gasteiger partial charge in [0, 0.05) is 12.6 Å². The Kier molecular flexibility index (Phi) is 3.84. The van der Waals surface area contributed by atoms with E-state index in [4.69, 9.17) is 5.73 Å². The molecule has 0 heterocycles. The van der Waals surface area contributed by atoms with Crippen molar-refractivity contribution in [2.75, 3.05) is 6.54 Å². The maximum Gasteiger partial charge on any atom is 0.241 e. The fourth-order valence-electron chi connectivity index (χ4n) is 1.23. The lowest BCUT2D eigenvalue weighted by Gasteiger charge is -2.13. The first-order valence-electron chi connectivity index (χ1n) is 4.75. The largest absolute Gasteiger partial charge is 0.329 e. The van der Waals surface area contributed by atoms with E-state index in [1.807, 2.05) is 0 Å². The zero-order valence-corrected chi connectivity index (χ0v) is 9.71. The third-order valence-electron chi connectivity index (χ3n) is 2.09. The van der Waals surface area contributed by atoms with Crippen molar-refractivity contribution < 1.29 is 8.42 Å². The molecule has 0 saturated heterocycles. The Labute approximate surface area is 90.5 Å². The second-order valence-electron chi connectivity index (χ2n) is 3.52. The molecule has 0 aromatic heterocycles. The van der Waals surface area contributed by atoms with Crippen LogP contribution in [0, 0.1) is 6.92 Å². The average Bonchev–Trinajstić information content (AvgIpc) is 2.17. The molecule has 0 amide bonds. The number of hydrogen-bond donors (Lipinski definition) is 2. The number of benzene rings is 1. The third-order valence-corrected chi connectivity index (χ3v) is 3.84. The monoisotopic (exact) mass is 228 g/mol. The molecular formula is C10H16N2O2S. The van der Waals surface area contributed by atoms with Gasteiger partial charge >= 0.3 is 0 Å². The van der Waals surface area contributed by atoms with Crippen LogP contribution in [0.25, 0.3) is 0 Å². The Bertz CT molecular complexity index is 429. The number of rotatable bonds is 4. The number of hydrogen-bond acceptors (Lipinski definition) is 3. The first-order valence-corrected chi connectivity index (χ1v) is 6.23. The van der Waals surface area contributed by atoms with Gasteiger partial charge in [0.05, 0.1) is 4.90 Å². The molecule has 0 spiro atoms. The van der Waals surface area contributed by atoms with Gasteiger partial charge in [-0.2, -0.15) is 0 Å². The van der Waals surface area contributed by atoms with Crippen LogP contribution >= 0.6 is 0 Å². The zero-order chi connectivity index (χ0) is 11.5. The molecule has 1 aromatic carbocycles. The van der Waals surface area contributed by atoms with Gasteiger partial charge in [0.1, 0.15) is 0 Å². The van der Waals surface area contributed by atoms with Crippen molar-refractivity contribution in [1.82, 2.24) is 4.72 Å². The van der Waals surface area contributed by atoms with E-state index in [0.717, 1.165) is 5.56 Å². The van der Waals surface area contributed by atoms with Gasteiger partial charge < -0.3 is 5.73 Å². The summed E-state index contributed by atoms with van der Waals surface area (Å²) >= 11 is 0. The maximum absolute atomic E-state index is 11.9. The third kappa shape index (κ3) is 3.02. The van der Waals surface area contributed by atoms with Crippen LogP contribution in [0.5, 0.6) is 0 Å². The van der Waals surface area contributed by atoms with Crippen LogP contribution < -0.4 is 10.5 Å². The molecule has 3 N–H and O–H groups in total. The number of nitrogens with one attached hydrogen (secondary N) is 1. The molecule has 1 aromatic rings. The van der Waals surface area contributed by atoms with Crippen molar-refractivity contribution in [3.05, 3.63) is 29.8 Å². The number of nitrogens with two attached hydrogens (primary N) is 1. The molecular weight excluding hydrogens is 212 g/mol. The van der Waals surface area contributed by atoms with Crippen molar-refractivity contribution in [2.45, 2.75) is 24.8 Å². The highest BCUT2D eigenvalue weighted by Crippen LogP contribution is 2.13. The second kappa shape index (κ2) is 4.74. The summed E-state index contributed by atoms with van der Waals surface area (Å²) in [6.07, 6.45) is 0. The summed E-state index contributed by atoms with van der Waals surface area (Å²) in [6.45, 7) is 3.78. The maximum atomic E-state index is 11.9. The van der Waals surface area contributed by atoms with Gasteiger partial charge in [-0.05, 0) is 25.5 Å². The first kappa shape index (κ1) is 12.2. The first-order chi connectivity index (χ1) is 6.97. The topological polar surface area (TPSA) is 72.2 Å². The summed E-state index contributed by atoms with van der Waals surface area (Å²) in [4.78, 5) is 0.310. The molecule has 0 fully saturated rings. The SMILES string of the molecule is Cc1ccccc1S(=O)(=O)N[C@@H](C)CN. The molecule has 0 saturated carbocycles. The summed E-state index contributed by atoms with van der Waals surface area (Å²) in [7, 11) is -3.43. The lowest BCUT2D eigenvalue weighted by Crippen LogP contribution is -2.37. The standard InChI is InChI=1S/C10H16N2O2S/c1-8-5-3-4-6-10(8)15(13,14)12-9(2)7-11/h3-6,9,12H,7,11H2,1-2H3/t9-/m0/s1. The molecule has 0 aliphatic heterocycles. The van der Waals surface area contributed by atoms with E-state index in [-0.39, 0.29) is 12.6 Å². The highest BCUT2D eigenvalue weighted by molar-refractivity contribution is 7.89. The van der Waals surface area contributed by atoms with Crippen LogP contribution in [-0.4, -0.2) is 21.0 Å². The van der Waals surface area contributed by atoms with Crippen molar-refractivity contribution in [1.29, 1.82) is 0 Å². The van der Waals surface area contributed by atoms with Crippen LogP contribution in [0.1, 0.15) is 12.5 Å². The van der Waals surface area contributed by atoms with Crippen LogP contribution in [0.3, 0.4) is 0 Å². The Balaban J connectivity index is 3.02. The van der Waals surface area contributed by atoms with E-state index < -0.39 is 10.0 Å². The molecule has 4 nitrogen and oxygen atoms in total. The molecule has 0 aliphatic rings. The molecule has 0 bridgehead atoms. The van der Waals surface area contributed by atoms with Gasteiger partial charge in [-0.1, -0.05) is 18.2 Å². The molecule has 15 heavy (non-hydrogen) atoms. The summed E-state index contributed by atoms with van der Waals surface area (Å²) in [6, 6.07) is 6.60. The van der Waals surface area contributed by atoms with Gasteiger partial charge in [0.2, 0.25) is 10.0 Å². The van der Waals surface area contributed by atoms with Crippen molar-refractivity contribution in [3.8, 4) is 0 Å². The quantitative estimate of drug-likeness (QED) is 0.793. The Hall–Kier alpha value is -0.910. The minimum Gasteiger partial charge on any atom is -0.329 e. The highest BCUT2D eigenvalue weighted by Gasteiger charge is 2.17. The van der Waals surface area contributed by atoms with E-state index in [2.05, 4.69) is 4.72 Å². The summed E-state index contributed by atoms with van der Waals surface area (Å²) < 4.78 is 26.2. The van der Waals surface area contributed by atoms with Gasteiger partial charge in [-0.15, -0.1) is 0 Å². The molecule has 0 unspecified atom stereocenters. The fourth-order valence-corrected chi connectivity index (χ4v) is 2.74. The molecule has 84 valence electrons. The van der Waals surface area contributed by atoms with Gasteiger partial charge in [0.25, 0.3) is 0 Å². The minimum absolute atomic E-state index is 0.255. The van der Waals surface area contributed by atoms with Gasteiger partial charge in [-0.3, -0.25) is 0 Å². The predicted octanol–water partition coefficient (Wildman–Crippen LogP) is 0.621. The van der Waals surface area contributed by atoms with Crippen molar-refractivity contribution in [3.63, 3.8) is 0 Å². The van der Waals surface area contributed by atoms with E-state index in [1.165, 1.54) is 0 Å². The highest BCUT2D eigenvalue weighted by atomic mass is 32.2. The van der Waals surface area contributed by atoms with E-state index in [1.54, 1.807) is 38.1 Å². The van der Waals surface area contributed by atoms with Crippen LogP contribution in [0.4, 0.5) is 0 Å². The Morgan fingerprint density at radius 1 is 1.40 bits per heavy atom. The number of sulfonamides is 1. The van der Waals surface area contributed by atoms with Gasteiger partial charge in [0.15, 0.2) is 0 Å². The lowest BCUT2D eigenvalue weighted by atomic mass is 10.2. The molecule has 0 radical (unpaired) electrons. The lowest BCUT2D eigenvalue weighted by molar-refractivity contribution is 0.562. The summed E-state index contributed by atoms with van der Waals surface area (Å²) in [5, 5.41) is 0. The predicted molar refractivity (Wildman–Crippen MR) is 60.0 cm³/mol. The molecule has 5 heteroatoms. The Morgan fingerprint density at radius 3 is 2.53 bits per heavy atom. The Morgan fingerprint density at radius 2 is 2.00 bits per heavy atom. The normalized spacial score (nSPS) is 13.8. The summed E-state index contributed by atoms with van der Waals surface area (Å²) in [5.74, 6) is 0. The van der Waals surface area contributed by atoms with Crippen molar-refractivity contribution in [2.24, 2.45) is 5.73 Å². The zero-order valence-electron chi connectivity index (χ0n) is 8.90. The molecule has 1 rings (SSSR count). The van der Waals surface area contributed by atoms with E-state index in [9.17, 15) is 8.42 Å².